The molecule has 2 N–H and O–H groups in total. The van der Waals surface area contributed by atoms with Gasteiger partial charge in [0.05, 0.1) is 6.61 Å². The number of aryl methyl sites for hydroxylation is 1. The lowest BCUT2D eigenvalue weighted by atomic mass is 9.93. The van der Waals surface area contributed by atoms with E-state index in [1.807, 2.05) is 6.92 Å². The van der Waals surface area contributed by atoms with Crippen molar-refractivity contribution in [2.24, 2.45) is 11.8 Å². The predicted octanol–water partition coefficient (Wildman–Crippen LogP) is 3.15. The second kappa shape index (κ2) is 6.41. The van der Waals surface area contributed by atoms with Crippen molar-refractivity contribution in [1.29, 1.82) is 0 Å². The largest absolute Gasteiger partial charge is 0.371 e. The minimum atomic E-state index is 0.668. The van der Waals surface area contributed by atoms with Crippen LogP contribution in [0.3, 0.4) is 0 Å². The molecule has 0 spiro atoms. The number of benzene rings is 1. The maximum absolute atomic E-state index is 6.17. The van der Waals surface area contributed by atoms with E-state index < -0.39 is 0 Å². The van der Waals surface area contributed by atoms with Crippen LogP contribution in [-0.4, -0.2) is 19.7 Å². The zero-order valence-corrected chi connectivity index (χ0v) is 11.6. The normalized spacial score (nSPS) is 17.2. The van der Waals surface area contributed by atoms with E-state index in [2.05, 4.69) is 27.9 Å². The SMILES string of the molecule is Cc1ccc(N2CCC(CCON)CC2)cc1Cl. The Hall–Kier alpha value is -0.770. The maximum Gasteiger partial charge on any atom is 0.0681 e. The van der Waals surface area contributed by atoms with Crippen LogP contribution >= 0.6 is 11.6 Å². The van der Waals surface area contributed by atoms with Gasteiger partial charge in [-0.05, 0) is 49.8 Å². The highest BCUT2D eigenvalue weighted by atomic mass is 35.5. The first-order valence-corrected chi connectivity index (χ1v) is 6.91. The third-order valence-corrected chi connectivity index (χ3v) is 4.19. The maximum atomic E-state index is 6.17. The molecule has 1 saturated heterocycles. The summed E-state index contributed by atoms with van der Waals surface area (Å²) in [6.45, 7) is 4.88. The molecule has 0 bridgehead atoms. The van der Waals surface area contributed by atoms with E-state index in [-0.39, 0.29) is 0 Å². The zero-order valence-electron chi connectivity index (χ0n) is 10.9. The predicted molar refractivity (Wildman–Crippen MR) is 75.9 cm³/mol. The smallest absolute Gasteiger partial charge is 0.0681 e. The van der Waals surface area contributed by atoms with Crippen molar-refractivity contribution >= 4 is 17.3 Å². The molecule has 0 radical (unpaired) electrons. The minimum absolute atomic E-state index is 0.668. The van der Waals surface area contributed by atoms with Crippen molar-refractivity contribution in [3.63, 3.8) is 0 Å². The van der Waals surface area contributed by atoms with E-state index in [4.69, 9.17) is 17.5 Å². The highest BCUT2D eigenvalue weighted by Crippen LogP contribution is 2.28. The third kappa shape index (κ3) is 3.37. The summed E-state index contributed by atoms with van der Waals surface area (Å²) in [6, 6.07) is 6.32. The molecule has 1 aliphatic rings. The molecule has 0 saturated carbocycles. The van der Waals surface area contributed by atoms with Crippen LogP contribution in [0.15, 0.2) is 18.2 Å². The summed E-state index contributed by atoms with van der Waals surface area (Å²) in [4.78, 5) is 7.06. The molecule has 0 aliphatic carbocycles. The molecule has 1 aromatic rings. The number of hydrogen-bond donors (Lipinski definition) is 1. The number of hydrogen-bond acceptors (Lipinski definition) is 3. The Morgan fingerprint density at radius 2 is 2.11 bits per heavy atom. The van der Waals surface area contributed by atoms with Gasteiger partial charge in [-0.1, -0.05) is 17.7 Å². The molecule has 0 amide bonds. The van der Waals surface area contributed by atoms with Gasteiger partial charge in [-0.15, -0.1) is 0 Å². The van der Waals surface area contributed by atoms with Crippen molar-refractivity contribution in [1.82, 2.24) is 0 Å². The molecule has 3 nitrogen and oxygen atoms in total. The molecule has 2 rings (SSSR count). The Kier molecular flexibility index (Phi) is 4.87. The van der Waals surface area contributed by atoms with E-state index in [0.717, 1.165) is 36.0 Å². The fraction of sp³-hybridized carbons (Fsp3) is 0.571. The van der Waals surface area contributed by atoms with Crippen LogP contribution in [0.4, 0.5) is 5.69 Å². The zero-order chi connectivity index (χ0) is 13.0. The summed E-state index contributed by atoms with van der Waals surface area (Å²) in [5.41, 5.74) is 2.37. The van der Waals surface area contributed by atoms with Gasteiger partial charge in [-0.25, -0.2) is 5.90 Å². The fourth-order valence-electron chi connectivity index (χ4n) is 2.49. The quantitative estimate of drug-likeness (QED) is 0.853. The lowest BCUT2D eigenvalue weighted by molar-refractivity contribution is 0.118. The number of halogens is 1. The van der Waals surface area contributed by atoms with Gasteiger partial charge in [-0.2, -0.15) is 0 Å². The molecule has 1 heterocycles. The van der Waals surface area contributed by atoms with E-state index in [9.17, 15) is 0 Å². The number of rotatable bonds is 4. The molecule has 0 aromatic heterocycles. The number of anilines is 1. The minimum Gasteiger partial charge on any atom is -0.371 e. The van der Waals surface area contributed by atoms with Crippen LogP contribution in [0.5, 0.6) is 0 Å². The first-order valence-electron chi connectivity index (χ1n) is 6.53. The van der Waals surface area contributed by atoms with Crippen LogP contribution in [0.1, 0.15) is 24.8 Å². The van der Waals surface area contributed by atoms with Crippen LogP contribution < -0.4 is 10.8 Å². The highest BCUT2D eigenvalue weighted by Gasteiger charge is 2.19. The summed E-state index contributed by atoms with van der Waals surface area (Å²) in [5, 5.41) is 0.853. The van der Waals surface area contributed by atoms with Crippen molar-refractivity contribution in [3.8, 4) is 0 Å². The molecule has 4 heteroatoms. The molecular formula is C14H21ClN2O. The molecule has 1 aromatic carbocycles. The van der Waals surface area contributed by atoms with E-state index in [0.29, 0.717) is 6.61 Å². The summed E-state index contributed by atoms with van der Waals surface area (Å²) in [5.74, 6) is 5.81. The summed E-state index contributed by atoms with van der Waals surface area (Å²) in [6.07, 6.45) is 3.47. The van der Waals surface area contributed by atoms with Crippen molar-refractivity contribution in [2.45, 2.75) is 26.2 Å². The van der Waals surface area contributed by atoms with Gasteiger partial charge in [0, 0.05) is 23.8 Å². The van der Waals surface area contributed by atoms with E-state index >= 15 is 0 Å². The molecular weight excluding hydrogens is 248 g/mol. The van der Waals surface area contributed by atoms with E-state index in [1.54, 1.807) is 0 Å². The Morgan fingerprint density at radius 1 is 1.39 bits per heavy atom. The van der Waals surface area contributed by atoms with Crippen LogP contribution in [0.25, 0.3) is 0 Å². The molecule has 18 heavy (non-hydrogen) atoms. The van der Waals surface area contributed by atoms with E-state index in [1.165, 1.54) is 18.5 Å². The summed E-state index contributed by atoms with van der Waals surface area (Å²) in [7, 11) is 0. The average Bonchev–Trinajstić information content (AvgIpc) is 2.40. The van der Waals surface area contributed by atoms with Gasteiger partial charge in [0.2, 0.25) is 0 Å². The summed E-state index contributed by atoms with van der Waals surface area (Å²) < 4.78 is 0. The van der Waals surface area contributed by atoms with Crippen LogP contribution in [0.2, 0.25) is 5.02 Å². The molecule has 100 valence electrons. The van der Waals surface area contributed by atoms with Crippen LogP contribution in [0, 0.1) is 12.8 Å². The molecule has 0 unspecified atom stereocenters. The van der Waals surface area contributed by atoms with Gasteiger partial charge >= 0.3 is 0 Å². The Morgan fingerprint density at radius 3 is 2.72 bits per heavy atom. The number of nitrogens with zero attached hydrogens (tertiary/aromatic N) is 1. The standard InChI is InChI=1S/C14H21ClN2O/c1-11-2-3-13(10-14(11)15)17-7-4-12(5-8-17)6-9-18-16/h2-3,10,12H,4-9,16H2,1H3. The third-order valence-electron chi connectivity index (χ3n) is 3.78. The first-order chi connectivity index (χ1) is 8.70. The van der Waals surface area contributed by atoms with Gasteiger partial charge in [0.1, 0.15) is 0 Å². The van der Waals surface area contributed by atoms with Crippen molar-refractivity contribution < 1.29 is 4.84 Å². The van der Waals surface area contributed by atoms with Gasteiger partial charge < -0.3 is 9.74 Å². The second-order valence-electron chi connectivity index (χ2n) is 5.02. The first kappa shape index (κ1) is 13.7. The second-order valence-corrected chi connectivity index (χ2v) is 5.43. The lowest BCUT2D eigenvalue weighted by Crippen LogP contribution is -2.34. The highest BCUT2D eigenvalue weighted by molar-refractivity contribution is 6.31. The van der Waals surface area contributed by atoms with Crippen LogP contribution in [-0.2, 0) is 4.84 Å². The lowest BCUT2D eigenvalue weighted by Gasteiger charge is -2.33. The topological polar surface area (TPSA) is 38.5 Å². The molecule has 1 fully saturated rings. The monoisotopic (exact) mass is 268 g/mol. The fourth-order valence-corrected chi connectivity index (χ4v) is 2.67. The van der Waals surface area contributed by atoms with Gasteiger partial charge in [-0.3, -0.25) is 0 Å². The molecule has 1 aliphatic heterocycles. The molecule has 0 atom stereocenters. The number of piperidine rings is 1. The van der Waals surface area contributed by atoms with Gasteiger partial charge in [0.25, 0.3) is 0 Å². The Balaban J connectivity index is 1.90. The average molecular weight is 269 g/mol. The summed E-state index contributed by atoms with van der Waals surface area (Å²) >= 11 is 6.17. The van der Waals surface area contributed by atoms with Crippen molar-refractivity contribution in [3.05, 3.63) is 28.8 Å². The number of nitrogens with two attached hydrogens (primary N) is 1. The van der Waals surface area contributed by atoms with Crippen molar-refractivity contribution in [2.75, 3.05) is 24.6 Å². The van der Waals surface area contributed by atoms with Gasteiger partial charge in [0.15, 0.2) is 0 Å². The Labute approximate surface area is 114 Å². The Bertz CT molecular complexity index is 389.